The molecule has 3 aromatic rings. The van der Waals surface area contributed by atoms with E-state index in [0.717, 1.165) is 23.8 Å². The Morgan fingerprint density at radius 2 is 1.89 bits per heavy atom. The molecule has 4 rings (SSSR count). The lowest BCUT2D eigenvalue weighted by Crippen LogP contribution is -2.34. The van der Waals surface area contributed by atoms with E-state index in [4.69, 9.17) is 4.42 Å². The Labute approximate surface area is 155 Å². The summed E-state index contributed by atoms with van der Waals surface area (Å²) in [5, 5.41) is 6.99. The molecule has 1 aliphatic carbocycles. The van der Waals surface area contributed by atoms with Crippen LogP contribution in [0.5, 0.6) is 0 Å². The second-order valence-electron chi connectivity index (χ2n) is 6.87. The van der Waals surface area contributed by atoms with Gasteiger partial charge in [0.25, 0.3) is 0 Å². The van der Waals surface area contributed by atoms with Crippen molar-refractivity contribution < 1.29 is 13.6 Å². The largest absolute Gasteiger partial charge is 0.423 e. The highest BCUT2D eigenvalue weighted by Crippen LogP contribution is 2.26. The molecule has 1 amide bonds. The molecule has 0 radical (unpaired) electrons. The number of anilines is 1. The van der Waals surface area contributed by atoms with Crippen molar-refractivity contribution in [3.05, 3.63) is 75.9 Å². The number of halogens is 1. The van der Waals surface area contributed by atoms with Gasteiger partial charge in [-0.05, 0) is 55.2 Å². The van der Waals surface area contributed by atoms with E-state index in [2.05, 4.69) is 10.6 Å². The molecule has 1 aromatic heterocycles. The van der Waals surface area contributed by atoms with Crippen LogP contribution >= 0.6 is 0 Å². The van der Waals surface area contributed by atoms with Gasteiger partial charge in [0.05, 0.1) is 0 Å². The summed E-state index contributed by atoms with van der Waals surface area (Å²) in [7, 11) is 0. The van der Waals surface area contributed by atoms with E-state index in [9.17, 15) is 14.0 Å². The van der Waals surface area contributed by atoms with Gasteiger partial charge in [0, 0.05) is 29.2 Å². The summed E-state index contributed by atoms with van der Waals surface area (Å²) in [6.07, 6.45) is 1.95. The van der Waals surface area contributed by atoms with E-state index in [1.54, 1.807) is 18.2 Å². The van der Waals surface area contributed by atoms with E-state index in [1.807, 2.05) is 19.1 Å². The summed E-state index contributed by atoms with van der Waals surface area (Å²) in [6.45, 7) is 1.84. The first-order valence-corrected chi connectivity index (χ1v) is 8.86. The van der Waals surface area contributed by atoms with Crippen LogP contribution in [0.1, 0.15) is 30.0 Å². The topological polar surface area (TPSA) is 71.3 Å². The van der Waals surface area contributed by atoms with Crippen LogP contribution in [0.3, 0.4) is 0 Å². The van der Waals surface area contributed by atoms with Crippen molar-refractivity contribution in [3.8, 4) is 0 Å². The average molecular weight is 366 g/mol. The lowest BCUT2D eigenvalue weighted by molar-refractivity contribution is -0.122. The first-order valence-electron chi connectivity index (χ1n) is 8.86. The van der Waals surface area contributed by atoms with Gasteiger partial charge in [-0.15, -0.1) is 0 Å². The first-order chi connectivity index (χ1) is 13.0. The number of nitrogens with one attached hydrogen (secondary N) is 2. The normalized spacial score (nSPS) is 14.7. The number of aryl methyl sites for hydroxylation is 1. The maximum Gasteiger partial charge on any atom is 0.336 e. The Bertz CT molecular complexity index is 1060. The fourth-order valence-corrected chi connectivity index (χ4v) is 3.05. The summed E-state index contributed by atoms with van der Waals surface area (Å²) in [5.74, 6) is -0.530. The fraction of sp³-hybridized carbons (Fsp3) is 0.238. The van der Waals surface area contributed by atoms with E-state index < -0.39 is 11.7 Å². The van der Waals surface area contributed by atoms with Crippen molar-refractivity contribution in [1.82, 2.24) is 5.32 Å². The predicted molar refractivity (Wildman–Crippen MR) is 101 cm³/mol. The number of carbonyl (C=O) groups excluding carboxylic acids is 1. The molecule has 2 N–H and O–H groups in total. The van der Waals surface area contributed by atoms with Crippen molar-refractivity contribution in [2.24, 2.45) is 0 Å². The molecule has 138 valence electrons. The highest BCUT2D eigenvalue weighted by Gasteiger charge is 2.28. The molecular formula is C21H19FN2O3. The Morgan fingerprint density at radius 1 is 1.15 bits per heavy atom. The Balaban J connectivity index is 1.67. The van der Waals surface area contributed by atoms with Gasteiger partial charge in [-0.25, -0.2) is 9.18 Å². The predicted octanol–water partition coefficient (Wildman–Crippen LogP) is 3.67. The first kappa shape index (κ1) is 17.3. The smallest absolute Gasteiger partial charge is 0.336 e. The van der Waals surface area contributed by atoms with Crippen molar-refractivity contribution in [2.75, 3.05) is 5.32 Å². The van der Waals surface area contributed by atoms with Crippen molar-refractivity contribution >= 4 is 22.6 Å². The summed E-state index contributed by atoms with van der Waals surface area (Å²) < 4.78 is 18.6. The SMILES string of the molecule is Cc1cc(=O)oc2cc(N[C@@H](C(=O)NC3CC3)c3ccc(F)cc3)ccc12. The van der Waals surface area contributed by atoms with Gasteiger partial charge in [-0.1, -0.05) is 12.1 Å². The molecule has 0 aliphatic heterocycles. The van der Waals surface area contributed by atoms with Crippen LogP contribution in [0.15, 0.2) is 57.7 Å². The number of amides is 1. The highest BCUT2D eigenvalue weighted by molar-refractivity contribution is 5.88. The Morgan fingerprint density at radius 3 is 2.59 bits per heavy atom. The van der Waals surface area contributed by atoms with Crippen LogP contribution in [-0.2, 0) is 4.79 Å². The molecule has 1 heterocycles. The molecule has 27 heavy (non-hydrogen) atoms. The quantitative estimate of drug-likeness (QED) is 0.676. The molecule has 0 bridgehead atoms. The molecule has 1 atom stereocenters. The van der Waals surface area contributed by atoms with Crippen LogP contribution in [0, 0.1) is 12.7 Å². The van der Waals surface area contributed by atoms with Gasteiger partial charge in [0.2, 0.25) is 5.91 Å². The summed E-state index contributed by atoms with van der Waals surface area (Å²) in [4.78, 5) is 24.4. The Hall–Kier alpha value is -3.15. The minimum absolute atomic E-state index is 0.171. The van der Waals surface area contributed by atoms with Crippen LogP contribution in [0.4, 0.5) is 10.1 Å². The van der Waals surface area contributed by atoms with Crippen molar-refractivity contribution in [1.29, 1.82) is 0 Å². The molecular weight excluding hydrogens is 347 g/mol. The standard InChI is InChI=1S/C21H19FN2O3/c1-12-10-19(25)27-18-11-16(8-9-17(12)18)23-20(21(26)24-15-6-7-15)13-2-4-14(22)5-3-13/h2-5,8-11,15,20,23H,6-7H2,1H3,(H,24,26)/t20-/m1/s1. The summed E-state index contributed by atoms with van der Waals surface area (Å²) in [5.41, 5.74) is 2.15. The number of carbonyl (C=O) groups is 1. The maximum atomic E-state index is 13.3. The number of benzene rings is 2. The summed E-state index contributed by atoms with van der Waals surface area (Å²) >= 11 is 0. The molecule has 1 aliphatic rings. The van der Waals surface area contributed by atoms with Gasteiger partial charge in [0.1, 0.15) is 17.4 Å². The van der Waals surface area contributed by atoms with Crippen LogP contribution < -0.4 is 16.3 Å². The monoisotopic (exact) mass is 366 g/mol. The molecule has 1 fully saturated rings. The zero-order valence-electron chi connectivity index (χ0n) is 14.8. The third-order valence-electron chi connectivity index (χ3n) is 4.65. The van der Waals surface area contributed by atoms with Crippen molar-refractivity contribution in [2.45, 2.75) is 31.8 Å². The molecule has 6 heteroatoms. The Kier molecular flexibility index (Phi) is 4.39. The van der Waals surface area contributed by atoms with E-state index in [-0.39, 0.29) is 17.8 Å². The van der Waals surface area contributed by atoms with Gasteiger partial charge in [-0.3, -0.25) is 4.79 Å². The second-order valence-corrected chi connectivity index (χ2v) is 6.87. The molecule has 1 saturated carbocycles. The second kappa shape index (κ2) is 6.87. The molecule has 0 unspecified atom stereocenters. The van der Waals surface area contributed by atoms with E-state index in [1.165, 1.54) is 18.2 Å². The lowest BCUT2D eigenvalue weighted by Gasteiger charge is -2.20. The number of hydrogen-bond donors (Lipinski definition) is 2. The van der Waals surface area contributed by atoms with Gasteiger partial charge >= 0.3 is 5.63 Å². The number of fused-ring (bicyclic) bond motifs is 1. The fourth-order valence-electron chi connectivity index (χ4n) is 3.05. The van der Waals surface area contributed by atoms with E-state index in [0.29, 0.717) is 16.8 Å². The maximum absolute atomic E-state index is 13.3. The number of rotatable bonds is 5. The highest BCUT2D eigenvalue weighted by atomic mass is 19.1. The minimum Gasteiger partial charge on any atom is -0.423 e. The van der Waals surface area contributed by atoms with E-state index >= 15 is 0 Å². The summed E-state index contributed by atoms with van der Waals surface area (Å²) in [6, 6.07) is 12.2. The van der Waals surface area contributed by atoms with Crippen LogP contribution in [-0.4, -0.2) is 11.9 Å². The molecule has 0 saturated heterocycles. The van der Waals surface area contributed by atoms with Crippen LogP contribution in [0.2, 0.25) is 0 Å². The van der Waals surface area contributed by atoms with Gasteiger partial charge in [-0.2, -0.15) is 0 Å². The minimum atomic E-state index is -0.680. The average Bonchev–Trinajstić information content (AvgIpc) is 3.44. The molecule has 0 spiro atoms. The molecule has 2 aromatic carbocycles. The lowest BCUT2D eigenvalue weighted by atomic mass is 10.0. The van der Waals surface area contributed by atoms with Gasteiger partial charge in [0.15, 0.2) is 0 Å². The zero-order chi connectivity index (χ0) is 19.0. The zero-order valence-corrected chi connectivity index (χ0v) is 14.8. The number of hydrogen-bond acceptors (Lipinski definition) is 4. The van der Waals surface area contributed by atoms with Crippen molar-refractivity contribution in [3.63, 3.8) is 0 Å². The third kappa shape index (κ3) is 3.84. The van der Waals surface area contributed by atoms with Crippen LogP contribution in [0.25, 0.3) is 11.0 Å². The third-order valence-corrected chi connectivity index (χ3v) is 4.65. The molecule has 5 nitrogen and oxygen atoms in total. The van der Waals surface area contributed by atoms with Gasteiger partial charge < -0.3 is 15.1 Å².